The second kappa shape index (κ2) is 17.2. The van der Waals surface area contributed by atoms with Crippen LogP contribution in [0.5, 0.6) is 5.75 Å². The number of rotatable bonds is 14. The normalized spacial score (nSPS) is 17.9. The number of nitrogens with zero attached hydrogens (tertiary/aromatic N) is 1. The number of methoxy groups -OCH3 is 1. The molecular formula is C35H51N5O6. The van der Waals surface area contributed by atoms with Crippen molar-refractivity contribution in [2.24, 2.45) is 23.5 Å². The fourth-order valence-corrected chi connectivity index (χ4v) is 6.48. The van der Waals surface area contributed by atoms with Gasteiger partial charge in [-0.1, -0.05) is 52.4 Å². The van der Waals surface area contributed by atoms with Crippen molar-refractivity contribution in [1.82, 2.24) is 20.9 Å². The summed E-state index contributed by atoms with van der Waals surface area (Å²) in [6.07, 6.45) is 9.73. The number of nitrogens with one attached hydrogen (secondary N) is 3. The molecule has 252 valence electrons. The van der Waals surface area contributed by atoms with Gasteiger partial charge in [-0.05, 0) is 73.9 Å². The summed E-state index contributed by atoms with van der Waals surface area (Å²) in [7, 11) is 1.55. The van der Waals surface area contributed by atoms with Crippen molar-refractivity contribution < 1.29 is 28.3 Å². The largest absolute Gasteiger partial charge is 0.496 e. The molecule has 2 heterocycles. The van der Waals surface area contributed by atoms with Gasteiger partial charge in [-0.2, -0.15) is 0 Å². The van der Waals surface area contributed by atoms with E-state index in [1.165, 1.54) is 12.7 Å². The lowest BCUT2D eigenvalue weighted by Gasteiger charge is -2.31. The SMILES string of the molecule is CC[C@H](C)[C@H](NC(=O)[C@H](CC1CCCCC1)NC(=O)c1ccco1)C(=O)NCc1cc(C(=O)N2CCC(CN)CC2)ccc1OC. The van der Waals surface area contributed by atoms with E-state index < -0.39 is 23.9 Å². The van der Waals surface area contributed by atoms with Gasteiger partial charge in [-0.25, -0.2) is 0 Å². The van der Waals surface area contributed by atoms with Crippen LogP contribution in [0.25, 0.3) is 0 Å². The maximum absolute atomic E-state index is 13.7. The fraction of sp³-hybridized carbons (Fsp3) is 0.600. The highest BCUT2D eigenvalue weighted by Crippen LogP contribution is 2.28. The number of carbonyl (C=O) groups excluding carboxylic acids is 4. The van der Waals surface area contributed by atoms with E-state index in [2.05, 4.69) is 16.0 Å². The fourth-order valence-electron chi connectivity index (χ4n) is 6.48. The highest BCUT2D eigenvalue weighted by molar-refractivity contribution is 5.97. The molecule has 0 spiro atoms. The molecule has 11 nitrogen and oxygen atoms in total. The first-order valence-corrected chi connectivity index (χ1v) is 16.8. The summed E-state index contributed by atoms with van der Waals surface area (Å²) >= 11 is 0. The molecule has 5 N–H and O–H groups in total. The van der Waals surface area contributed by atoms with Crippen molar-refractivity contribution in [1.29, 1.82) is 0 Å². The van der Waals surface area contributed by atoms with Crippen molar-refractivity contribution >= 4 is 23.6 Å². The molecule has 2 aliphatic rings. The minimum absolute atomic E-state index is 0.0592. The van der Waals surface area contributed by atoms with E-state index in [1.807, 2.05) is 18.7 Å². The van der Waals surface area contributed by atoms with Gasteiger partial charge in [0, 0.05) is 30.8 Å². The maximum atomic E-state index is 13.7. The topological polar surface area (TPSA) is 156 Å². The molecule has 1 saturated heterocycles. The second-order valence-electron chi connectivity index (χ2n) is 12.8. The van der Waals surface area contributed by atoms with E-state index in [0.29, 0.717) is 61.2 Å². The number of ether oxygens (including phenoxy) is 1. The average Bonchev–Trinajstić information content (AvgIpc) is 3.64. The molecule has 11 heteroatoms. The smallest absolute Gasteiger partial charge is 0.287 e. The number of hydrogen-bond donors (Lipinski definition) is 4. The Balaban J connectivity index is 1.44. The molecule has 0 bridgehead atoms. The zero-order valence-corrected chi connectivity index (χ0v) is 27.5. The first-order chi connectivity index (χ1) is 22.2. The van der Waals surface area contributed by atoms with Crippen LogP contribution in [-0.2, 0) is 16.1 Å². The summed E-state index contributed by atoms with van der Waals surface area (Å²) < 4.78 is 10.8. The highest BCUT2D eigenvalue weighted by atomic mass is 16.5. The zero-order chi connectivity index (χ0) is 33.1. The Bertz CT molecular complexity index is 1300. The van der Waals surface area contributed by atoms with E-state index in [0.717, 1.165) is 38.5 Å². The third kappa shape index (κ3) is 9.34. The standard InChI is InChI=1S/C35H51N5O6/c1-4-23(2)31(39-32(41)28(19-24-9-6-5-7-10-24)38-33(42)30-11-8-18-46-30)34(43)37-22-27-20-26(12-13-29(27)45-3)35(44)40-16-14-25(21-36)15-17-40/h8,11-13,18,20,23-25,28,31H,4-7,9-10,14-17,19,21-22,36H2,1-3H3,(H,37,43)(H,38,42)(H,39,41)/t23-,28-,31-/m0/s1. The summed E-state index contributed by atoms with van der Waals surface area (Å²) in [5.74, 6) is 0.00124. The Hall–Kier alpha value is -3.86. The predicted octanol–water partition coefficient (Wildman–Crippen LogP) is 4.02. The highest BCUT2D eigenvalue weighted by Gasteiger charge is 2.32. The number of carbonyl (C=O) groups is 4. The van der Waals surface area contributed by atoms with Crippen LogP contribution in [0.3, 0.4) is 0 Å². The summed E-state index contributed by atoms with van der Waals surface area (Å²) in [5, 5.41) is 8.77. The number of amides is 4. The molecule has 4 rings (SSSR count). The van der Waals surface area contributed by atoms with Gasteiger partial charge in [0.1, 0.15) is 17.8 Å². The number of nitrogens with two attached hydrogens (primary N) is 1. The minimum atomic E-state index is -0.827. The van der Waals surface area contributed by atoms with Crippen molar-refractivity contribution in [2.75, 3.05) is 26.7 Å². The van der Waals surface area contributed by atoms with Gasteiger partial charge in [-0.3, -0.25) is 19.2 Å². The molecule has 2 aromatic rings. The van der Waals surface area contributed by atoms with Crippen molar-refractivity contribution in [3.8, 4) is 5.75 Å². The molecule has 1 aliphatic heterocycles. The predicted molar refractivity (Wildman–Crippen MR) is 175 cm³/mol. The molecule has 1 aromatic heterocycles. The lowest BCUT2D eigenvalue weighted by Crippen LogP contribution is -2.56. The summed E-state index contributed by atoms with van der Waals surface area (Å²) in [5.41, 5.74) is 7.00. The van der Waals surface area contributed by atoms with Crippen LogP contribution in [0.1, 0.15) is 98.1 Å². The molecule has 46 heavy (non-hydrogen) atoms. The van der Waals surface area contributed by atoms with Crippen molar-refractivity contribution in [3.05, 3.63) is 53.5 Å². The average molecular weight is 638 g/mol. The quantitative estimate of drug-likeness (QED) is 0.244. The molecule has 1 saturated carbocycles. The van der Waals surface area contributed by atoms with Gasteiger partial charge in [0.05, 0.1) is 13.4 Å². The Kier molecular flexibility index (Phi) is 13.1. The molecule has 3 atom stereocenters. The first kappa shape index (κ1) is 35.0. The molecule has 1 aliphatic carbocycles. The second-order valence-corrected chi connectivity index (χ2v) is 12.8. The van der Waals surface area contributed by atoms with Crippen LogP contribution in [0.15, 0.2) is 41.0 Å². The van der Waals surface area contributed by atoms with Crippen LogP contribution < -0.4 is 26.4 Å². The Morgan fingerprint density at radius 3 is 2.37 bits per heavy atom. The molecule has 2 fully saturated rings. The van der Waals surface area contributed by atoms with E-state index in [1.54, 1.807) is 37.4 Å². The number of piperidine rings is 1. The summed E-state index contributed by atoms with van der Waals surface area (Å²) in [4.78, 5) is 55.4. The van der Waals surface area contributed by atoms with Gasteiger partial charge in [0.2, 0.25) is 11.8 Å². The Labute approximate surface area is 272 Å². The van der Waals surface area contributed by atoms with E-state index in [-0.39, 0.29) is 30.0 Å². The van der Waals surface area contributed by atoms with Gasteiger partial charge in [-0.15, -0.1) is 0 Å². The van der Waals surface area contributed by atoms with E-state index in [4.69, 9.17) is 14.9 Å². The third-order valence-corrected chi connectivity index (χ3v) is 9.67. The molecule has 0 unspecified atom stereocenters. The summed E-state index contributed by atoms with van der Waals surface area (Å²) in [6, 6.07) is 6.79. The van der Waals surface area contributed by atoms with Gasteiger partial charge in [0.25, 0.3) is 11.8 Å². The van der Waals surface area contributed by atoms with Gasteiger partial charge < -0.3 is 35.7 Å². The maximum Gasteiger partial charge on any atom is 0.287 e. The van der Waals surface area contributed by atoms with Crippen LogP contribution in [-0.4, -0.2) is 67.4 Å². The van der Waals surface area contributed by atoms with E-state index >= 15 is 0 Å². The van der Waals surface area contributed by atoms with Gasteiger partial charge >= 0.3 is 0 Å². The Morgan fingerprint density at radius 1 is 1.00 bits per heavy atom. The molecule has 0 radical (unpaired) electrons. The number of furan rings is 1. The van der Waals surface area contributed by atoms with Crippen LogP contribution in [0, 0.1) is 17.8 Å². The first-order valence-electron chi connectivity index (χ1n) is 16.8. The monoisotopic (exact) mass is 637 g/mol. The lowest BCUT2D eigenvalue weighted by molar-refractivity contribution is -0.131. The lowest BCUT2D eigenvalue weighted by atomic mass is 9.84. The zero-order valence-electron chi connectivity index (χ0n) is 27.5. The van der Waals surface area contributed by atoms with Crippen molar-refractivity contribution in [2.45, 2.75) is 90.3 Å². The molecule has 4 amide bonds. The number of hydrogen-bond acceptors (Lipinski definition) is 7. The van der Waals surface area contributed by atoms with Crippen LogP contribution in [0.2, 0.25) is 0 Å². The molecular weight excluding hydrogens is 586 g/mol. The summed E-state index contributed by atoms with van der Waals surface area (Å²) in [6.45, 7) is 5.95. The van der Waals surface area contributed by atoms with Crippen LogP contribution in [0.4, 0.5) is 0 Å². The van der Waals surface area contributed by atoms with Crippen LogP contribution >= 0.6 is 0 Å². The van der Waals surface area contributed by atoms with Gasteiger partial charge in [0.15, 0.2) is 5.76 Å². The molecule has 1 aromatic carbocycles. The third-order valence-electron chi connectivity index (χ3n) is 9.67. The van der Waals surface area contributed by atoms with E-state index in [9.17, 15) is 19.2 Å². The number of likely N-dealkylation sites (tertiary alicyclic amines) is 1. The number of benzene rings is 1. The minimum Gasteiger partial charge on any atom is -0.496 e. The Morgan fingerprint density at radius 2 is 1.74 bits per heavy atom. The van der Waals surface area contributed by atoms with Crippen molar-refractivity contribution in [3.63, 3.8) is 0 Å².